The molecule has 0 aromatic heterocycles. The van der Waals surface area contributed by atoms with Gasteiger partial charge in [-0.25, -0.2) is 0 Å². The molecule has 0 spiro atoms. The summed E-state index contributed by atoms with van der Waals surface area (Å²) in [4.78, 5) is 4.54. The van der Waals surface area contributed by atoms with Crippen LogP contribution in [0.3, 0.4) is 0 Å². The number of halogens is 2. The summed E-state index contributed by atoms with van der Waals surface area (Å²) < 4.78 is 10.7. The first-order chi connectivity index (χ1) is 14.0. The number of thiocarbonyl (C=S) groups is 1. The van der Waals surface area contributed by atoms with Crippen molar-refractivity contribution < 1.29 is 9.47 Å². The summed E-state index contributed by atoms with van der Waals surface area (Å²) in [5.74, 6) is 0.835. The second-order valence-corrected chi connectivity index (χ2v) is 8.01. The molecule has 0 atom stereocenters. The molecule has 2 aromatic carbocycles. The van der Waals surface area contributed by atoms with Gasteiger partial charge in [-0.1, -0.05) is 35.3 Å². The summed E-state index contributed by atoms with van der Waals surface area (Å²) in [6.45, 7) is 5.84. The lowest BCUT2D eigenvalue weighted by Gasteiger charge is -2.31. The van der Waals surface area contributed by atoms with Crippen LogP contribution in [0.2, 0.25) is 10.0 Å². The normalized spacial score (nSPS) is 14.4. The van der Waals surface area contributed by atoms with E-state index in [1.165, 1.54) is 0 Å². The monoisotopic (exact) mass is 453 g/mol. The van der Waals surface area contributed by atoms with Gasteiger partial charge in [0.1, 0.15) is 5.75 Å². The van der Waals surface area contributed by atoms with Crippen LogP contribution in [0.5, 0.6) is 5.75 Å². The van der Waals surface area contributed by atoms with Gasteiger partial charge < -0.3 is 19.7 Å². The van der Waals surface area contributed by atoms with Crippen LogP contribution in [0.1, 0.15) is 5.56 Å². The molecule has 1 fully saturated rings. The Morgan fingerprint density at radius 1 is 1.17 bits per heavy atom. The Morgan fingerprint density at radius 2 is 1.90 bits per heavy atom. The number of nitrogens with zero attached hydrogens (tertiary/aromatic N) is 2. The van der Waals surface area contributed by atoms with E-state index >= 15 is 0 Å². The van der Waals surface area contributed by atoms with Crippen molar-refractivity contribution in [3.63, 3.8) is 0 Å². The molecule has 5 nitrogen and oxygen atoms in total. The minimum absolute atomic E-state index is 0.539. The predicted molar refractivity (Wildman–Crippen MR) is 123 cm³/mol. The number of anilines is 1. The summed E-state index contributed by atoms with van der Waals surface area (Å²) >= 11 is 18.0. The van der Waals surface area contributed by atoms with Gasteiger partial charge >= 0.3 is 0 Å². The number of nitrogens with one attached hydrogen (secondary N) is 1. The van der Waals surface area contributed by atoms with E-state index in [1.54, 1.807) is 19.2 Å². The topological polar surface area (TPSA) is 37.0 Å². The number of morpholine rings is 1. The number of ether oxygens (including phenoxy) is 2. The molecular formula is C21H25Cl2N3O2S. The number of hydrogen-bond acceptors (Lipinski definition) is 4. The van der Waals surface area contributed by atoms with Crippen LogP contribution in [0.15, 0.2) is 42.5 Å². The Hall–Kier alpha value is -1.57. The van der Waals surface area contributed by atoms with Crippen molar-refractivity contribution in [2.45, 2.75) is 6.54 Å². The average Bonchev–Trinajstić information content (AvgIpc) is 2.74. The van der Waals surface area contributed by atoms with Crippen LogP contribution >= 0.6 is 35.4 Å². The first-order valence-electron chi connectivity index (χ1n) is 9.49. The van der Waals surface area contributed by atoms with Gasteiger partial charge in [-0.3, -0.25) is 4.90 Å². The molecule has 1 saturated heterocycles. The molecule has 1 heterocycles. The highest BCUT2D eigenvalue weighted by Crippen LogP contribution is 2.26. The van der Waals surface area contributed by atoms with Gasteiger partial charge in [-0.15, -0.1) is 0 Å². The van der Waals surface area contributed by atoms with Crippen molar-refractivity contribution in [1.82, 2.24) is 9.80 Å². The summed E-state index contributed by atoms with van der Waals surface area (Å²) in [7, 11) is 1.67. The molecular weight excluding hydrogens is 429 g/mol. The van der Waals surface area contributed by atoms with Crippen LogP contribution in [0.4, 0.5) is 5.69 Å². The molecule has 0 bridgehead atoms. The van der Waals surface area contributed by atoms with E-state index in [0.717, 1.165) is 56.4 Å². The SMILES string of the molecule is COc1ccc(CN(CCN2CCOCC2)C(=S)Nc2ccc(Cl)cc2Cl)cc1. The van der Waals surface area contributed by atoms with Crippen molar-refractivity contribution >= 4 is 46.2 Å². The number of rotatable bonds is 7. The fourth-order valence-electron chi connectivity index (χ4n) is 3.08. The first-order valence-corrected chi connectivity index (χ1v) is 10.7. The first kappa shape index (κ1) is 22.1. The molecule has 3 rings (SSSR count). The zero-order chi connectivity index (χ0) is 20.6. The van der Waals surface area contributed by atoms with Crippen LogP contribution in [0.25, 0.3) is 0 Å². The van der Waals surface area contributed by atoms with E-state index in [1.807, 2.05) is 18.2 Å². The van der Waals surface area contributed by atoms with Crippen molar-refractivity contribution in [1.29, 1.82) is 0 Å². The van der Waals surface area contributed by atoms with E-state index in [2.05, 4.69) is 27.2 Å². The van der Waals surface area contributed by atoms with E-state index < -0.39 is 0 Å². The Kier molecular flexibility index (Phi) is 8.39. The lowest BCUT2D eigenvalue weighted by Crippen LogP contribution is -2.44. The zero-order valence-corrected chi connectivity index (χ0v) is 18.7. The lowest BCUT2D eigenvalue weighted by molar-refractivity contribution is 0.0358. The third-order valence-electron chi connectivity index (χ3n) is 4.78. The highest BCUT2D eigenvalue weighted by Gasteiger charge is 2.16. The second-order valence-electron chi connectivity index (χ2n) is 6.78. The predicted octanol–water partition coefficient (Wildman–Crippen LogP) is 4.53. The standard InChI is InChI=1S/C21H25Cl2N3O2S/c1-27-18-5-2-16(3-6-18)15-26(9-8-25-10-12-28-13-11-25)21(29)24-20-7-4-17(22)14-19(20)23/h2-7,14H,8-13,15H2,1H3,(H,24,29). The van der Waals surface area contributed by atoms with Gasteiger partial charge in [0.05, 0.1) is 31.0 Å². The Morgan fingerprint density at radius 3 is 2.55 bits per heavy atom. The maximum atomic E-state index is 6.31. The third kappa shape index (κ3) is 6.73. The van der Waals surface area contributed by atoms with E-state index in [0.29, 0.717) is 21.7 Å². The number of methoxy groups -OCH3 is 1. The van der Waals surface area contributed by atoms with Gasteiger partial charge in [0.25, 0.3) is 0 Å². The molecule has 0 unspecified atom stereocenters. The summed E-state index contributed by atoms with van der Waals surface area (Å²) in [5.41, 5.74) is 1.89. The molecule has 1 aliphatic heterocycles. The summed E-state index contributed by atoms with van der Waals surface area (Å²) in [6, 6.07) is 13.4. The van der Waals surface area contributed by atoms with Gasteiger partial charge in [0, 0.05) is 37.7 Å². The summed E-state index contributed by atoms with van der Waals surface area (Å²) in [6.07, 6.45) is 0. The second kappa shape index (κ2) is 11.0. The maximum Gasteiger partial charge on any atom is 0.173 e. The van der Waals surface area contributed by atoms with Gasteiger partial charge in [0.15, 0.2) is 5.11 Å². The quantitative estimate of drug-likeness (QED) is 0.620. The van der Waals surface area contributed by atoms with Crippen LogP contribution in [-0.4, -0.2) is 61.4 Å². The van der Waals surface area contributed by atoms with Crippen molar-refractivity contribution in [3.8, 4) is 5.75 Å². The Balaban J connectivity index is 1.69. The van der Waals surface area contributed by atoms with Gasteiger partial charge in [-0.2, -0.15) is 0 Å². The van der Waals surface area contributed by atoms with E-state index in [-0.39, 0.29) is 0 Å². The fraction of sp³-hybridized carbons (Fsp3) is 0.381. The van der Waals surface area contributed by atoms with Crippen molar-refractivity contribution in [2.24, 2.45) is 0 Å². The Bertz CT molecular complexity index is 814. The smallest absolute Gasteiger partial charge is 0.173 e. The van der Waals surface area contributed by atoms with Crippen LogP contribution in [0, 0.1) is 0 Å². The molecule has 0 saturated carbocycles. The highest BCUT2D eigenvalue weighted by molar-refractivity contribution is 7.80. The largest absolute Gasteiger partial charge is 0.497 e. The maximum absolute atomic E-state index is 6.31. The van der Waals surface area contributed by atoms with Crippen LogP contribution < -0.4 is 10.1 Å². The zero-order valence-electron chi connectivity index (χ0n) is 16.4. The van der Waals surface area contributed by atoms with Crippen molar-refractivity contribution in [3.05, 3.63) is 58.1 Å². The fourth-order valence-corrected chi connectivity index (χ4v) is 3.80. The molecule has 1 aliphatic rings. The minimum atomic E-state index is 0.539. The Labute approximate surface area is 187 Å². The summed E-state index contributed by atoms with van der Waals surface area (Å²) in [5, 5.41) is 5.02. The van der Waals surface area contributed by atoms with Gasteiger partial charge in [-0.05, 0) is 48.1 Å². The average molecular weight is 454 g/mol. The molecule has 8 heteroatoms. The van der Waals surface area contributed by atoms with Gasteiger partial charge in [0.2, 0.25) is 0 Å². The van der Waals surface area contributed by atoms with E-state index in [4.69, 9.17) is 44.9 Å². The molecule has 0 amide bonds. The van der Waals surface area contributed by atoms with E-state index in [9.17, 15) is 0 Å². The lowest BCUT2D eigenvalue weighted by atomic mass is 10.2. The highest BCUT2D eigenvalue weighted by atomic mass is 35.5. The third-order valence-corrected chi connectivity index (χ3v) is 5.69. The number of benzene rings is 2. The molecule has 156 valence electrons. The number of hydrogen-bond donors (Lipinski definition) is 1. The van der Waals surface area contributed by atoms with Crippen molar-refractivity contribution in [2.75, 3.05) is 51.8 Å². The molecule has 0 aliphatic carbocycles. The molecule has 0 radical (unpaired) electrons. The molecule has 1 N–H and O–H groups in total. The molecule has 2 aromatic rings. The molecule has 29 heavy (non-hydrogen) atoms. The van der Waals surface area contributed by atoms with Crippen LogP contribution in [-0.2, 0) is 11.3 Å². The minimum Gasteiger partial charge on any atom is -0.497 e.